The molecule has 234 valence electrons. The van der Waals surface area contributed by atoms with Gasteiger partial charge in [0.25, 0.3) is 12.3 Å². The van der Waals surface area contributed by atoms with Crippen LogP contribution in [-0.4, -0.2) is 69.3 Å². The van der Waals surface area contributed by atoms with Crippen LogP contribution in [0.5, 0.6) is 0 Å². The number of rotatable bonds is 7. The molecule has 1 fully saturated rings. The smallest absolute Gasteiger partial charge is 0.327 e. The van der Waals surface area contributed by atoms with Gasteiger partial charge in [-0.3, -0.25) is 14.4 Å². The Bertz CT molecular complexity index is 1640. The molecule has 2 aromatic carbocycles. The van der Waals surface area contributed by atoms with E-state index in [0.717, 1.165) is 21.9 Å². The molecule has 15 heteroatoms. The molecule has 2 unspecified atom stereocenters. The summed E-state index contributed by atoms with van der Waals surface area (Å²) in [6.45, 7) is 3.49. The number of carbonyl (C=O) groups is 3. The van der Waals surface area contributed by atoms with Crippen molar-refractivity contribution in [2.75, 3.05) is 13.1 Å². The second-order valence-electron chi connectivity index (χ2n) is 10.3. The van der Waals surface area contributed by atoms with Gasteiger partial charge in [0.1, 0.15) is 18.4 Å². The number of hydrogen-bond donors (Lipinski definition) is 0. The fourth-order valence-corrected chi connectivity index (χ4v) is 4.94. The van der Waals surface area contributed by atoms with Gasteiger partial charge in [-0.2, -0.15) is 13.2 Å². The van der Waals surface area contributed by atoms with Gasteiger partial charge in [0, 0.05) is 24.6 Å². The molecule has 2 atom stereocenters. The third-order valence-corrected chi connectivity index (χ3v) is 7.28. The van der Waals surface area contributed by atoms with Crippen LogP contribution in [0, 0.1) is 19.7 Å². The van der Waals surface area contributed by atoms with E-state index in [1.54, 1.807) is 18.2 Å². The van der Waals surface area contributed by atoms with Gasteiger partial charge in [-0.15, -0.1) is 5.10 Å². The highest BCUT2D eigenvalue weighted by atomic mass is 19.4. The van der Waals surface area contributed by atoms with E-state index in [2.05, 4.69) is 9.94 Å². The lowest BCUT2D eigenvalue weighted by atomic mass is 10.00. The first-order chi connectivity index (χ1) is 20.6. The summed E-state index contributed by atoms with van der Waals surface area (Å²) in [5.41, 5.74) is -0.885. The molecule has 44 heavy (non-hydrogen) atoms. The van der Waals surface area contributed by atoms with Crippen LogP contribution >= 0.6 is 0 Å². The zero-order chi connectivity index (χ0) is 32.5. The average Bonchev–Trinajstić information content (AvgIpc) is 2.96. The van der Waals surface area contributed by atoms with E-state index >= 15 is 0 Å². The lowest BCUT2D eigenvalue weighted by Crippen LogP contribution is -2.58. The number of carbonyl (C=O) groups excluding carboxylic acids is 3. The summed E-state index contributed by atoms with van der Waals surface area (Å²) in [6.07, 6.45) is -8.52. The molecule has 0 radical (unpaired) electrons. The molecule has 4 rings (SSSR count). The summed E-state index contributed by atoms with van der Waals surface area (Å²) in [4.78, 5) is 56.2. The van der Waals surface area contributed by atoms with Crippen molar-refractivity contribution in [1.82, 2.24) is 19.7 Å². The Kier molecular flexibility index (Phi) is 9.16. The molecule has 0 bridgehead atoms. The molecular formula is C29H26F6N4O5. The molecule has 9 nitrogen and oxygen atoms in total. The molecule has 0 N–H and O–H groups in total. The van der Waals surface area contributed by atoms with Gasteiger partial charge in [-0.25, -0.2) is 18.0 Å². The van der Waals surface area contributed by atoms with Crippen molar-refractivity contribution >= 4 is 17.8 Å². The fraction of sp³-hybridized carbons (Fsp3) is 0.345. The summed E-state index contributed by atoms with van der Waals surface area (Å²) in [6, 6.07) is 8.73. The number of hydrogen-bond acceptors (Lipinski definition) is 6. The molecule has 2 amide bonds. The van der Waals surface area contributed by atoms with Crippen molar-refractivity contribution in [1.29, 1.82) is 0 Å². The molecule has 1 aliphatic heterocycles. The van der Waals surface area contributed by atoms with Crippen LogP contribution in [0.1, 0.15) is 51.3 Å². The van der Waals surface area contributed by atoms with Gasteiger partial charge in [-0.1, -0.05) is 36.4 Å². The zero-order valence-corrected chi connectivity index (χ0v) is 23.6. The van der Waals surface area contributed by atoms with Crippen LogP contribution in [-0.2, 0) is 16.0 Å². The third-order valence-electron chi connectivity index (χ3n) is 7.28. The minimum Gasteiger partial charge on any atom is -0.327 e. The maximum Gasteiger partial charge on any atom is 0.493 e. The summed E-state index contributed by atoms with van der Waals surface area (Å²) in [5.74, 6) is -5.25. The van der Waals surface area contributed by atoms with Crippen molar-refractivity contribution < 1.29 is 45.6 Å². The van der Waals surface area contributed by atoms with Gasteiger partial charge in [0.15, 0.2) is 0 Å². The van der Waals surface area contributed by atoms with Crippen LogP contribution in [0.2, 0.25) is 0 Å². The molecule has 1 aromatic heterocycles. The van der Waals surface area contributed by atoms with Crippen molar-refractivity contribution in [2.24, 2.45) is 0 Å². The summed E-state index contributed by atoms with van der Waals surface area (Å²) in [7, 11) is 0. The topological polar surface area (TPSA) is 102 Å². The van der Waals surface area contributed by atoms with Gasteiger partial charge in [0.2, 0.25) is 5.91 Å². The molecule has 0 aliphatic carbocycles. The second kappa shape index (κ2) is 12.5. The standard InChI is InChI=1S/C29H26F6N4O5/c1-15-13-37(14-23(40)38(15)24(25(31)32)19-7-5-4-6-8-19)27(42)20-11-18(9-10-21(20)30)12-22-16(2)17(3)26(41)39(36-22)44-28(43)29(33,34)35/h4-11,15,24-25H,12-14H2,1-3H3. The SMILES string of the molecule is Cc1c(Cc2ccc(F)c(C(=O)N3CC(=O)N(C(c4ccccc4)C(F)F)C(C)C3)c2)nn(OC(=O)C(F)(F)F)c(=O)c1C. The van der Waals surface area contributed by atoms with Gasteiger partial charge < -0.3 is 14.6 Å². The summed E-state index contributed by atoms with van der Waals surface area (Å²) >= 11 is 0. The van der Waals surface area contributed by atoms with E-state index in [1.807, 2.05) is 0 Å². The molecule has 3 aromatic rings. The number of benzene rings is 2. The maximum absolute atomic E-state index is 14.9. The van der Waals surface area contributed by atoms with Crippen LogP contribution in [0.25, 0.3) is 0 Å². The van der Waals surface area contributed by atoms with E-state index in [0.29, 0.717) is 0 Å². The van der Waals surface area contributed by atoms with Crippen molar-refractivity contribution in [3.8, 4) is 0 Å². The Labute approximate surface area is 246 Å². The van der Waals surface area contributed by atoms with Crippen molar-refractivity contribution in [3.63, 3.8) is 0 Å². The van der Waals surface area contributed by atoms with E-state index in [1.165, 1.54) is 39.0 Å². The number of aromatic nitrogens is 2. The Balaban J connectivity index is 1.58. The highest BCUT2D eigenvalue weighted by Crippen LogP contribution is 2.32. The highest BCUT2D eigenvalue weighted by molar-refractivity contribution is 5.97. The number of halogens is 6. The number of piperazine rings is 1. The molecule has 0 spiro atoms. The lowest BCUT2D eigenvalue weighted by Gasteiger charge is -2.43. The van der Waals surface area contributed by atoms with E-state index in [4.69, 9.17) is 0 Å². The molecule has 2 heterocycles. The minimum atomic E-state index is -5.39. The van der Waals surface area contributed by atoms with Crippen LogP contribution in [0.3, 0.4) is 0 Å². The van der Waals surface area contributed by atoms with E-state index in [9.17, 15) is 45.5 Å². The fourth-order valence-electron chi connectivity index (χ4n) is 4.94. The Morgan fingerprint density at radius 3 is 2.30 bits per heavy atom. The second-order valence-corrected chi connectivity index (χ2v) is 10.3. The molecular weight excluding hydrogens is 598 g/mol. The van der Waals surface area contributed by atoms with Crippen molar-refractivity contribution in [2.45, 2.75) is 51.9 Å². The van der Waals surface area contributed by atoms with E-state index < -0.39 is 66.0 Å². The van der Waals surface area contributed by atoms with Crippen LogP contribution < -0.4 is 10.4 Å². The van der Waals surface area contributed by atoms with Gasteiger partial charge >= 0.3 is 17.7 Å². The summed E-state index contributed by atoms with van der Waals surface area (Å²) < 4.78 is 81.1. The number of amides is 2. The first kappa shape index (κ1) is 32.2. The summed E-state index contributed by atoms with van der Waals surface area (Å²) in [5, 5.41) is 3.71. The quantitative estimate of drug-likeness (QED) is 0.371. The zero-order valence-electron chi connectivity index (χ0n) is 23.6. The van der Waals surface area contributed by atoms with Gasteiger partial charge in [0.05, 0.1) is 11.3 Å². The average molecular weight is 625 g/mol. The van der Waals surface area contributed by atoms with Crippen LogP contribution in [0.4, 0.5) is 26.3 Å². The van der Waals surface area contributed by atoms with Crippen LogP contribution in [0.15, 0.2) is 53.3 Å². The predicted octanol–water partition coefficient (Wildman–Crippen LogP) is 3.79. The third kappa shape index (κ3) is 6.60. The molecule has 1 saturated heterocycles. The lowest BCUT2D eigenvalue weighted by molar-refractivity contribution is -0.202. The predicted molar refractivity (Wildman–Crippen MR) is 142 cm³/mol. The molecule has 1 aliphatic rings. The van der Waals surface area contributed by atoms with Gasteiger partial charge in [-0.05, 0) is 54.4 Å². The molecule has 0 saturated carbocycles. The first-order valence-electron chi connectivity index (χ1n) is 13.2. The number of alkyl halides is 5. The Hall–Kier alpha value is -4.69. The highest BCUT2D eigenvalue weighted by Gasteiger charge is 2.43. The largest absolute Gasteiger partial charge is 0.493 e. The Morgan fingerprint density at radius 2 is 1.70 bits per heavy atom. The normalized spacial score (nSPS) is 16.3. The first-order valence-corrected chi connectivity index (χ1v) is 13.2. The monoisotopic (exact) mass is 624 g/mol. The Morgan fingerprint density at radius 1 is 1.05 bits per heavy atom. The van der Waals surface area contributed by atoms with Crippen molar-refractivity contribution in [3.05, 3.63) is 98.2 Å². The number of nitrogens with zero attached hydrogens (tertiary/aromatic N) is 4. The van der Waals surface area contributed by atoms with E-state index in [-0.39, 0.29) is 45.8 Å². The maximum atomic E-state index is 14.9. The minimum absolute atomic E-state index is 0.00144.